The lowest BCUT2D eigenvalue weighted by Crippen LogP contribution is -2.24. The SMILES string of the molecule is Cc1ccc(-n2c(C)csc2=NC(=O)NCc2ccc(-c3ncn(-c4ccc(OC(F)(F)F)cc4)n3)cc2)c(C2CC2)c1. The average molecular weight is 605 g/mol. The van der Waals surface area contributed by atoms with E-state index < -0.39 is 12.4 Å². The Kier molecular flexibility index (Phi) is 7.61. The second-order valence-electron chi connectivity index (χ2n) is 10.4. The fraction of sp³-hybridized carbons (Fsp3) is 0.226. The summed E-state index contributed by atoms with van der Waals surface area (Å²) in [7, 11) is 0. The molecule has 8 nitrogen and oxygen atoms in total. The first kappa shape index (κ1) is 28.4. The number of urea groups is 1. The van der Waals surface area contributed by atoms with E-state index in [1.807, 2.05) is 36.6 Å². The summed E-state index contributed by atoms with van der Waals surface area (Å²) in [4.78, 5) is 22.1. The van der Waals surface area contributed by atoms with Crippen LogP contribution in [0.4, 0.5) is 18.0 Å². The maximum atomic E-state index is 12.8. The highest BCUT2D eigenvalue weighted by molar-refractivity contribution is 7.07. The number of nitrogens with one attached hydrogen (secondary N) is 1. The van der Waals surface area contributed by atoms with Crippen LogP contribution in [0.15, 0.2) is 83.4 Å². The second-order valence-corrected chi connectivity index (χ2v) is 11.2. The van der Waals surface area contributed by atoms with Gasteiger partial charge >= 0.3 is 12.4 Å². The van der Waals surface area contributed by atoms with E-state index in [9.17, 15) is 18.0 Å². The molecule has 1 N–H and O–H groups in total. The molecule has 6 rings (SSSR count). The molecule has 0 saturated heterocycles. The van der Waals surface area contributed by atoms with Gasteiger partial charge < -0.3 is 10.1 Å². The van der Waals surface area contributed by atoms with Crippen molar-refractivity contribution in [3.05, 3.63) is 106 Å². The van der Waals surface area contributed by atoms with E-state index >= 15 is 0 Å². The van der Waals surface area contributed by atoms with Crippen molar-refractivity contribution >= 4 is 17.4 Å². The van der Waals surface area contributed by atoms with Gasteiger partial charge in [-0.05, 0) is 74.1 Å². The van der Waals surface area contributed by atoms with Crippen molar-refractivity contribution in [3.63, 3.8) is 0 Å². The van der Waals surface area contributed by atoms with E-state index in [-0.39, 0.29) is 5.75 Å². The first-order chi connectivity index (χ1) is 20.6. The second kappa shape index (κ2) is 11.5. The van der Waals surface area contributed by atoms with Crippen LogP contribution in [0.1, 0.15) is 41.1 Å². The standard InChI is InChI=1S/C31H27F3N6O2S/c1-19-3-14-27(26(15-19)22-8-9-22)40-20(2)17-43-30(40)37-29(41)35-16-21-4-6-23(7-5-21)28-36-18-39(38-28)24-10-12-25(13-11-24)42-31(32,33)34/h3-7,10-15,17-18,22H,8-9,16H2,1-2H3,(H,35,41). The fourth-order valence-electron chi connectivity index (χ4n) is 4.76. The van der Waals surface area contributed by atoms with Gasteiger partial charge in [0.05, 0.1) is 11.4 Å². The van der Waals surface area contributed by atoms with Crippen LogP contribution in [-0.2, 0) is 6.54 Å². The molecule has 1 aliphatic carbocycles. The number of hydrogen-bond donors (Lipinski definition) is 1. The molecule has 2 amide bonds. The Morgan fingerprint density at radius 2 is 1.81 bits per heavy atom. The molecular weight excluding hydrogens is 577 g/mol. The van der Waals surface area contributed by atoms with Gasteiger partial charge in [-0.25, -0.2) is 14.5 Å². The topological polar surface area (TPSA) is 86.3 Å². The highest BCUT2D eigenvalue weighted by atomic mass is 32.1. The van der Waals surface area contributed by atoms with Crippen LogP contribution in [0.5, 0.6) is 5.75 Å². The zero-order chi connectivity index (χ0) is 30.1. The molecule has 0 radical (unpaired) electrons. The summed E-state index contributed by atoms with van der Waals surface area (Å²) >= 11 is 1.44. The summed E-state index contributed by atoms with van der Waals surface area (Å²) in [5, 5.41) is 9.30. The molecule has 3 aromatic carbocycles. The Morgan fingerprint density at radius 1 is 1.07 bits per heavy atom. The minimum atomic E-state index is -4.75. The van der Waals surface area contributed by atoms with Gasteiger partial charge in [0.2, 0.25) is 0 Å². The van der Waals surface area contributed by atoms with Gasteiger partial charge in [0.1, 0.15) is 12.1 Å². The molecule has 0 unspecified atom stereocenters. The van der Waals surface area contributed by atoms with Crippen LogP contribution >= 0.6 is 11.3 Å². The summed E-state index contributed by atoms with van der Waals surface area (Å²) in [6, 6.07) is 18.8. The van der Waals surface area contributed by atoms with Crippen LogP contribution in [0.25, 0.3) is 22.8 Å². The Labute approximate surface area is 249 Å². The van der Waals surface area contributed by atoms with Crippen LogP contribution in [0, 0.1) is 13.8 Å². The molecule has 43 heavy (non-hydrogen) atoms. The summed E-state index contributed by atoms with van der Waals surface area (Å²) in [6.07, 6.45) is -0.907. The molecule has 5 aromatic rings. The Hall–Kier alpha value is -4.71. The normalized spacial score (nSPS) is 13.7. The number of benzene rings is 3. The number of carbonyl (C=O) groups is 1. The summed E-state index contributed by atoms with van der Waals surface area (Å²) < 4.78 is 44.6. The minimum absolute atomic E-state index is 0.291. The molecule has 1 fully saturated rings. The molecule has 2 aromatic heterocycles. The number of aromatic nitrogens is 4. The molecule has 0 aliphatic heterocycles. The number of aryl methyl sites for hydroxylation is 2. The Morgan fingerprint density at radius 3 is 2.51 bits per heavy atom. The van der Waals surface area contributed by atoms with Crippen LogP contribution < -0.4 is 14.9 Å². The van der Waals surface area contributed by atoms with E-state index in [2.05, 4.69) is 54.8 Å². The summed E-state index contributed by atoms with van der Waals surface area (Å²) in [6.45, 7) is 4.41. The monoisotopic (exact) mass is 604 g/mol. The van der Waals surface area contributed by atoms with E-state index in [4.69, 9.17) is 0 Å². The van der Waals surface area contributed by atoms with E-state index in [0.29, 0.717) is 28.8 Å². The largest absolute Gasteiger partial charge is 0.573 e. The predicted octanol–water partition coefficient (Wildman–Crippen LogP) is 6.99. The molecule has 0 atom stereocenters. The average Bonchev–Trinajstić information content (AvgIpc) is 3.60. The number of hydrogen-bond acceptors (Lipinski definition) is 5. The quantitative estimate of drug-likeness (QED) is 0.217. The van der Waals surface area contributed by atoms with Crippen molar-refractivity contribution in [3.8, 4) is 28.5 Å². The number of ether oxygens (including phenoxy) is 1. The minimum Gasteiger partial charge on any atom is -0.406 e. The van der Waals surface area contributed by atoms with E-state index in [0.717, 1.165) is 22.5 Å². The molecule has 12 heteroatoms. The first-order valence-electron chi connectivity index (χ1n) is 13.6. The van der Waals surface area contributed by atoms with Crippen LogP contribution in [0.2, 0.25) is 0 Å². The lowest BCUT2D eigenvalue weighted by Gasteiger charge is -2.13. The highest BCUT2D eigenvalue weighted by Crippen LogP contribution is 2.43. The molecule has 220 valence electrons. The first-order valence-corrected chi connectivity index (χ1v) is 14.5. The molecule has 1 saturated carbocycles. The number of thiazole rings is 1. The van der Waals surface area contributed by atoms with Crippen LogP contribution in [-0.4, -0.2) is 31.7 Å². The van der Waals surface area contributed by atoms with Gasteiger partial charge in [-0.15, -0.1) is 29.6 Å². The van der Waals surface area contributed by atoms with Gasteiger partial charge in [-0.1, -0.05) is 42.0 Å². The smallest absolute Gasteiger partial charge is 0.406 e. The number of nitrogens with zero attached hydrogens (tertiary/aromatic N) is 5. The van der Waals surface area contributed by atoms with Gasteiger partial charge in [0.25, 0.3) is 0 Å². The molecular formula is C31H27F3N6O2S. The van der Waals surface area contributed by atoms with Crippen LogP contribution in [0.3, 0.4) is 0 Å². The third-order valence-electron chi connectivity index (χ3n) is 7.00. The fourth-order valence-corrected chi connectivity index (χ4v) is 5.62. The third-order valence-corrected chi connectivity index (χ3v) is 7.94. The predicted molar refractivity (Wildman–Crippen MR) is 156 cm³/mol. The molecule has 0 spiro atoms. The Bertz CT molecular complexity index is 1840. The highest BCUT2D eigenvalue weighted by Gasteiger charge is 2.31. The lowest BCUT2D eigenvalue weighted by atomic mass is 10.0. The van der Waals surface area contributed by atoms with Crippen molar-refractivity contribution in [1.29, 1.82) is 0 Å². The zero-order valence-corrected chi connectivity index (χ0v) is 24.1. The molecule has 2 heterocycles. The lowest BCUT2D eigenvalue weighted by molar-refractivity contribution is -0.274. The maximum Gasteiger partial charge on any atom is 0.573 e. The van der Waals surface area contributed by atoms with Gasteiger partial charge in [0.15, 0.2) is 10.6 Å². The van der Waals surface area contributed by atoms with Crippen molar-refractivity contribution in [2.24, 2.45) is 4.99 Å². The Balaban J connectivity index is 1.11. The zero-order valence-electron chi connectivity index (χ0n) is 23.3. The number of carbonyl (C=O) groups excluding carboxylic acids is 1. The number of rotatable bonds is 7. The number of alkyl halides is 3. The molecule has 1 aliphatic rings. The van der Waals surface area contributed by atoms with Gasteiger partial charge in [-0.2, -0.15) is 4.99 Å². The number of halogens is 3. The van der Waals surface area contributed by atoms with Crippen molar-refractivity contribution in [2.45, 2.75) is 45.5 Å². The van der Waals surface area contributed by atoms with Crippen molar-refractivity contribution < 1.29 is 22.7 Å². The van der Waals surface area contributed by atoms with Gasteiger partial charge in [0, 0.05) is 23.2 Å². The van der Waals surface area contributed by atoms with Crippen molar-refractivity contribution in [1.82, 2.24) is 24.6 Å². The summed E-state index contributed by atoms with van der Waals surface area (Å²) in [5.74, 6) is 0.690. The van der Waals surface area contributed by atoms with Crippen molar-refractivity contribution in [2.75, 3.05) is 0 Å². The van der Waals surface area contributed by atoms with Gasteiger partial charge in [-0.3, -0.25) is 4.57 Å². The van der Waals surface area contributed by atoms with E-state index in [1.54, 1.807) is 0 Å². The maximum absolute atomic E-state index is 12.8. The molecule has 0 bridgehead atoms. The van der Waals surface area contributed by atoms with E-state index in [1.165, 1.54) is 70.6 Å². The third kappa shape index (κ3) is 6.69. The summed E-state index contributed by atoms with van der Waals surface area (Å²) in [5.41, 5.74) is 6.78. The number of amides is 2.